The zero-order valence-corrected chi connectivity index (χ0v) is 14.8. The quantitative estimate of drug-likeness (QED) is 0.540. The maximum absolute atomic E-state index is 12.4. The van der Waals surface area contributed by atoms with Crippen LogP contribution in [-0.4, -0.2) is 12.6 Å². The van der Waals surface area contributed by atoms with E-state index in [2.05, 4.69) is 41.1 Å². The van der Waals surface area contributed by atoms with Crippen molar-refractivity contribution in [2.75, 3.05) is 6.61 Å². The molecule has 0 amide bonds. The summed E-state index contributed by atoms with van der Waals surface area (Å²) in [5.41, 5.74) is 3.16. The summed E-state index contributed by atoms with van der Waals surface area (Å²) in [6.45, 7) is 4.27. The molecule has 0 saturated carbocycles. The minimum atomic E-state index is -0.253. The second-order valence-corrected chi connectivity index (χ2v) is 7.00. The minimum absolute atomic E-state index is 0.253. The molecule has 0 aliphatic rings. The third-order valence-corrected chi connectivity index (χ3v) is 5.06. The number of ether oxygens (including phenoxy) is 1. The summed E-state index contributed by atoms with van der Waals surface area (Å²) in [5, 5.41) is 1.10. The van der Waals surface area contributed by atoms with E-state index in [1.807, 2.05) is 31.2 Å². The first-order valence-corrected chi connectivity index (χ1v) is 8.67. The van der Waals surface area contributed by atoms with Crippen molar-refractivity contribution in [1.82, 2.24) is 0 Å². The highest BCUT2D eigenvalue weighted by atomic mass is 79.9. The van der Waals surface area contributed by atoms with E-state index in [0.717, 1.165) is 25.7 Å². The molecule has 2 aromatic carbocycles. The zero-order chi connectivity index (χ0) is 15.7. The fourth-order valence-corrected chi connectivity index (χ4v) is 3.98. The molecule has 0 fully saturated rings. The van der Waals surface area contributed by atoms with E-state index in [9.17, 15) is 4.79 Å². The molecule has 0 spiro atoms. The van der Waals surface area contributed by atoms with E-state index >= 15 is 0 Å². The van der Waals surface area contributed by atoms with Crippen LogP contribution in [-0.2, 0) is 4.74 Å². The van der Waals surface area contributed by atoms with Crippen molar-refractivity contribution in [3.8, 4) is 11.1 Å². The van der Waals surface area contributed by atoms with Crippen molar-refractivity contribution in [1.29, 1.82) is 0 Å². The highest BCUT2D eigenvalue weighted by molar-refractivity contribution is 9.10. The maximum atomic E-state index is 12.4. The van der Waals surface area contributed by atoms with Crippen LogP contribution in [0.5, 0.6) is 0 Å². The van der Waals surface area contributed by atoms with E-state index in [0.29, 0.717) is 11.5 Å². The van der Waals surface area contributed by atoms with Gasteiger partial charge in [-0.2, -0.15) is 0 Å². The summed E-state index contributed by atoms with van der Waals surface area (Å²) in [5.74, 6) is -0.253. The lowest BCUT2D eigenvalue weighted by Crippen LogP contribution is -2.03. The van der Waals surface area contributed by atoms with E-state index in [-0.39, 0.29) is 5.97 Å². The van der Waals surface area contributed by atoms with E-state index < -0.39 is 0 Å². The van der Waals surface area contributed by atoms with Gasteiger partial charge in [-0.25, -0.2) is 4.79 Å². The van der Waals surface area contributed by atoms with Gasteiger partial charge in [-0.15, -0.1) is 11.3 Å². The van der Waals surface area contributed by atoms with Crippen LogP contribution in [0.25, 0.3) is 21.2 Å². The van der Waals surface area contributed by atoms with Gasteiger partial charge in [-0.3, -0.25) is 0 Å². The van der Waals surface area contributed by atoms with Crippen LogP contribution in [0.4, 0.5) is 0 Å². The van der Waals surface area contributed by atoms with Crippen LogP contribution >= 0.6 is 27.3 Å². The molecular formula is C18H15BrO2S. The normalized spacial score (nSPS) is 10.9. The lowest BCUT2D eigenvalue weighted by Gasteiger charge is -2.06. The fraction of sp³-hybridized carbons (Fsp3) is 0.167. The van der Waals surface area contributed by atoms with Crippen LogP contribution in [0, 0.1) is 6.92 Å². The van der Waals surface area contributed by atoms with Gasteiger partial charge < -0.3 is 4.74 Å². The summed E-state index contributed by atoms with van der Waals surface area (Å²) in [4.78, 5) is 13.0. The summed E-state index contributed by atoms with van der Waals surface area (Å²) in [7, 11) is 0. The molecule has 0 aliphatic heterocycles. The van der Waals surface area contributed by atoms with Crippen molar-refractivity contribution in [2.45, 2.75) is 13.8 Å². The first-order valence-electron chi connectivity index (χ1n) is 7.06. The number of hydrogen-bond donors (Lipinski definition) is 0. The number of benzene rings is 2. The predicted molar refractivity (Wildman–Crippen MR) is 95.7 cm³/mol. The molecule has 0 atom stereocenters. The molecule has 1 aromatic heterocycles. The van der Waals surface area contributed by atoms with E-state index in [1.54, 1.807) is 0 Å². The highest BCUT2D eigenvalue weighted by Gasteiger charge is 2.21. The second-order valence-electron chi connectivity index (χ2n) is 5.04. The first kappa shape index (κ1) is 15.3. The molecule has 0 aliphatic carbocycles. The average Bonchev–Trinajstić information content (AvgIpc) is 2.86. The fourth-order valence-electron chi connectivity index (χ4n) is 2.48. The Bertz CT molecular complexity index is 851. The Morgan fingerprint density at radius 2 is 2.05 bits per heavy atom. The SMILES string of the molecule is CCOC(=O)c1sc2ccc(C)cc2c1-c1cccc(Br)c1. The molecule has 1 heterocycles. The molecular weight excluding hydrogens is 360 g/mol. The number of carbonyl (C=O) groups excluding carboxylic acids is 1. The number of esters is 1. The Morgan fingerprint density at radius 3 is 2.77 bits per heavy atom. The maximum Gasteiger partial charge on any atom is 0.348 e. The molecule has 0 saturated heterocycles. The van der Waals surface area contributed by atoms with Crippen molar-refractivity contribution in [3.63, 3.8) is 0 Å². The van der Waals surface area contributed by atoms with Gasteiger partial charge in [-0.1, -0.05) is 39.7 Å². The lowest BCUT2D eigenvalue weighted by atomic mass is 10.0. The predicted octanol–water partition coefficient (Wildman–Crippen LogP) is 5.82. The third kappa shape index (κ3) is 2.81. The van der Waals surface area contributed by atoms with Crippen molar-refractivity contribution < 1.29 is 9.53 Å². The summed E-state index contributed by atoms with van der Waals surface area (Å²) >= 11 is 5.00. The molecule has 4 heteroatoms. The van der Waals surface area contributed by atoms with Crippen LogP contribution < -0.4 is 0 Å². The molecule has 3 aromatic rings. The number of carbonyl (C=O) groups is 1. The van der Waals surface area contributed by atoms with Crippen molar-refractivity contribution in [2.24, 2.45) is 0 Å². The van der Waals surface area contributed by atoms with Gasteiger partial charge in [0.2, 0.25) is 0 Å². The number of thiophene rings is 1. The van der Waals surface area contributed by atoms with Crippen LogP contribution in [0.1, 0.15) is 22.2 Å². The lowest BCUT2D eigenvalue weighted by molar-refractivity contribution is 0.0533. The summed E-state index contributed by atoms with van der Waals surface area (Å²) in [6.07, 6.45) is 0. The second kappa shape index (κ2) is 6.23. The van der Waals surface area contributed by atoms with Gasteiger partial charge in [0.25, 0.3) is 0 Å². The molecule has 2 nitrogen and oxygen atoms in total. The summed E-state index contributed by atoms with van der Waals surface area (Å²) < 4.78 is 7.33. The van der Waals surface area contributed by atoms with E-state index in [1.165, 1.54) is 16.9 Å². The Hall–Kier alpha value is -1.65. The van der Waals surface area contributed by atoms with E-state index in [4.69, 9.17) is 4.74 Å². The number of aryl methyl sites for hydroxylation is 1. The largest absolute Gasteiger partial charge is 0.462 e. The molecule has 3 rings (SSSR count). The Kier molecular flexibility index (Phi) is 4.32. The van der Waals surface area contributed by atoms with Gasteiger partial charge in [0, 0.05) is 20.1 Å². The molecule has 0 radical (unpaired) electrons. The highest BCUT2D eigenvalue weighted by Crippen LogP contribution is 2.40. The topological polar surface area (TPSA) is 26.3 Å². The van der Waals surface area contributed by atoms with Crippen LogP contribution in [0.3, 0.4) is 0 Å². The number of hydrogen-bond acceptors (Lipinski definition) is 3. The Labute approximate surface area is 141 Å². The number of halogens is 1. The van der Waals surface area contributed by atoms with Gasteiger partial charge in [-0.05, 0) is 43.7 Å². The Morgan fingerprint density at radius 1 is 1.23 bits per heavy atom. The number of rotatable bonds is 3. The third-order valence-electron chi connectivity index (χ3n) is 3.42. The monoisotopic (exact) mass is 374 g/mol. The van der Waals surface area contributed by atoms with Gasteiger partial charge >= 0.3 is 5.97 Å². The number of fused-ring (bicyclic) bond motifs is 1. The Balaban J connectivity index is 2.30. The minimum Gasteiger partial charge on any atom is -0.462 e. The summed E-state index contributed by atoms with van der Waals surface area (Å²) in [6, 6.07) is 14.3. The van der Waals surface area contributed by atoms with Gasteiger partial charge in [0.1, 0.15) is 4.88 Å². The van der Waals surface area contributed by atoms with Crippen LogP contribution in [0.15, 0.2) is 46.9 Å². The first-order chi connectivity index (χ1) is 10.6. The molecule has 0 N–H and O–H groups in total. The van der Waals surface area contributed by atoms with Crippen molar-refractivity contribution in [3.05, 3.63) is 57.4 Å². The molecule has 22 heavy (non-hydrogen) atoms. The molecule has 0 bridgehead atoms. The standard InChI is InChI=1S/C18H15BrO2S/c1-3-21-18(20)17-16(12-5-4-6-13(19)10-12)14-9-11(2)7-8-15(14)22-17/h4-10H,3H2,1-2H3. The molecule has 0 unspecified atom stereocenters. The van der Waals surface area contributed by atoms with Crippen molar-refractivity contribution >= 4 is 43.3 Å². The van der Waals surface area contributed by atoms with Gasteiger partial charge in [0.05, 0.1) is 6.61 Å². The molecule has 112 valence electrons. The average molecular weight is 375 g/mol. The van der Waals surface area contributed by atoms with Gasteiger partial charge in [0.15, 0.2) is 0 Å². The zero-order valence-electron chi connectivity index (χ0n) is 12.4. The van der Waals surface area contributed by atoms with Crippen LogP contribution in [0.2, 0.25) is 0 Å². The smallest absolute Gasteiger partial charge is 0.348 e.